The van der Waals surface area contributed by atoms with Crippen LogP contribution in [0.4, 0.5) is 0 Å². The minimum atomic E-state index is -0.145. The van der Waals surface area contributed by atoms with E-state index in [1.807, 2.05) is 30.3 Å². The number of hydrogen-bond acceptors (Lipinski definition) is 6. The lowest BCUT2D eigenvalue weighted by Crippen LogP contribution is -2.05. The molecule has 1 aromatic heterocycles. The average Bonchev–Trinajstić information content (AvgIpc) is 3.03. The maximum Gasteiger partial charge on any atom is 0.196 e. The number of ketones is 2. The molecule has 0 N–H and O–H groups in total. The summed E-state index contributed by atoms with van der Waals surface area (Å²) in [4.78, 5) is 29.4. The standard InChI is InChI=1S/C23H16N2O3S/c1-13(26)12-29-23-18(11-24)19(14-7-9-15(28-2)10-8-14)20-21(25-23)16-5-3-4-6-17(16)22(20)27/h3-10H,12H2,1-2H3. The number of ether oxygens (including phenoxy) is 1. The number of carbonyl (C=O) groups excluding carboxylic acids is 2. The Morgan fingerprint density at radius 3 is 2.41 bits per heavy atom. The highest BCUT2D eigenvalue weighted by atomic mass is 32.2. The Balaban J connectivity index is 2.02. The molecule has 0 atom stereocenters. The van der Waals surface area contributed by atoms with E-state index in [1.165, 1.54) is 18.7 Å². The summed E-state index contributed by atoms with van der Waals surface area (Å²) in [6.07, 6.45) is 0. The fourth-order valence-corrected chi connectivity index (χ4v) is 4.21. The molecular formula is C23H16N2O3S. The summed E-state index contributed by atoms with van der Waals surface area (Å²) >= 11 is 1.22. The van der Waals surface area contributed by atoms with E-state index in [2.05, 4.69) is 11.1 Å². The Hall–Kier alpha value is -3.43. The molecule has 0 saturated carbocycles. The van der Waals surface area contributed by atoms with Crippen molar-refractivity contribution in [3.8, 4) is 34.2 Å². The highest BCUT2D eigenvalue weighted by Crippen LogP contribution is 2.44. The van der Waals surface area contributed by atoms with E-state index < -0.39 is 0 Å². The molecule has 0 bridgehead atoms. The van der Waals surface area contributed by atoms with E-state index in [4.69, 9.17) is 4.74 Å². The van der Waals surface area contributed by atoms with Crippen LogP contribution in [-0.4, -0.2) is 29.4 Å². The fraction of sp³-hybridized carbons (Fsp3) is 0.130. The summed E-state index contributed by atoms with van der Waals surface area (Å²) in [5.41, 5.74) is 3.89. The van der Waals surface area contributed by atoms with Crippen molar-refractivity contribution < 1.29 is 14.3 Å². The van der Waals surface area contributed by atoms with Crippen molar-refractivity contribution in [2.75, 3.05) is 12.9 Å². The van der Waals surface area contributed by atoms with Gasteiger partial charge in [-0.05, 0) is 24.6 Å². The zero-order valence-corrected chi connectivity index (χ0v) is 16.7. The molecule has 0 fully saturated rings. The van der Waals surface area contributed by atoms with Crippen LogP contribution in [0.25, 0.3) is 22.4 Å². The van der Waals surface area contributed by atoms with Crippen LogP contribution in [0.2, 0.25) is 0 Å². The van der Waals surface area contributed by atoms with Gasteiger partial charge in [-0.2, -0.15) is 5.26 Å². The number of carbonyl (C=O) groups is 2. The predicted octanol–water partition coefficient (Wildman–Crippen LogP) is 4.52. The Morgan fingerprint density at radius 2 is 1.79 bits per heavy atom. The van der Waals surface area contributed by atoms with Gasteiger partial charge in [-0.3, -0.25) is 9.59 Å². The van der Waals surface area contributed by atoms with Gasteiger partial charge in [0.05, 0.1) is 29.7 Å². The lowest BCUT2D eigenvalue weighted by atomic mass is 9.94. The van der Waals surface area contributed by atoms with Crippen molar-refractivity contribution in [1.29, 1.82) is 5.26 Å². The first-order chi connectivity index (χ1) is 14.0. The van der Waals surface area contributed by atoms with Crippen molar-refractivity contribution in [1.82, 2.24) is 4.98 Å². The molecule has 1 heterocycles. The molecule has 4 rings (SSSR count). The molecule has 0 saturated heterocycles. The van der Waals surface area contributed by atoms with Crippen molar-refractivity contribution in [2.24, 2.45) is 0 Å². The molecule has 0 spiro atoms. The Labute approximate surface area is 172 Å². The molecule has 5 nitrogen and oxygen atoms in total. The van der Waals surface area contributed by atoms with Gasteiger partial charge in [0.1, 0.15) is 22.6 Å². The maximum atomic E-state index is 13.2. The van der Waals surface area contributed by atoms with Gasteiger partial charge in [-0.1, -0.05) is 48.2 Å². The van der Waals surface area contributed by atoms with E-state index in [9.17, 15) is 14.9 Å². The zero-order chi connectivity index (χ0) is 20.5. The molecule has 1 aliphatic rings. The number of nitriles is 1. The van der Waals surface area contributed by atoms with Gasteiger partial charge < -0.3 is 4.74 Å². The molecule has 142 valence electrons. The predicted molar refractivity (Wildman–Crippen MR) is 111 cm³/mol. The minimum absolute atomic E-state index is 0.0105. The summed E-state index contributed by atoms with van der Waals surface area (Å²) in [7, 11) is 1.58. The number of rotatable bonds is 5. The lowest BCUT2D eigenvalue weighted by molar-refractivity contribution is -0.114. The molecule has 6 heteroatoms. The lowest BCUT2D eigenvalue weighted by Gasteiger charge is -2.14. The number of hydrogen-bond donors (Lipinski definition) is 0. The second kappa shape index (κ2) is 7.53. The van der Waals surface area contributed by atoms with Crippen LogP contribution in [0.3, 0.4) is 0 Å². The third kappa shape index (κ3) is 3.20. The number of nitrogens with zero attached hydrogens (tertiary/aromatic N) is 2. The molecule has 1 aliphatic carbocycles. The topological polar surface area (TPSA) is 80.0 Å². The zero-order valence-electron chi connectivity index (χ0n) is 15.9. The highest BCUT2D eigenvalue weighted by Gasteiger charge is 2.34. The van der Waals surface area contributed by atoms with Gasteiger partial charge in [0.25, 0.3) is 0 Å². The molecular weight excluding hydrogens is 384 g/mol. The van der Waals surface area contributed by atoms with Crippen LogP contribution in [0.15, 0.2) is 53.6 Å². The summed E-state index contributed by atoms with van der Waals surface area (Å²) in [6, 6.07) is 16.7. The van der Waals surface area contributed by atoms with E-state index in [-0.39, 0.29) is 17.3 Å². The second-order valence-corrected chi connectivity index (χ2v) is 7.56. The van der Waals surface area contributed by atoms with Gasteiger partial charge in [-0.15, -0.1) is 0 Å². The van der Waals surface area contributed by atoms with Gasteiger partial charge in [0.15, 0.2) is 5.78 Å². The quantitative estimate of drug-likeness (QED) is 0.458. The monoisotopic (exact) mass is 400 g/mol. The van der Waals surface area contributed by atoms with Crippen LogP contribution in [0, 0.1) is 11.3 Å². The molecule has 0 amide bonds. The first-order valence-corrected chi connectivity index (χ1v) is 9.92. The summed E-state index contributed by atoms with van der Waals surface area (Å²) in [6.45, 7) is 1.50. The van der Waals surface area contributed by atoms with Crippen LogP contribution in [0.5, 0.6) is 5.75 Å². The van der Waals surface area contributed by atoms with Gasteiger partial charge in [-0.25, -0.2) is 4.98 Å². The maximum absolute atomic E-state index is 13.2. The molecule has 29 heavy (non-hydrogen) atoms. The first-order valence-electron chi connectivity index (χ1n) is 8.94. The van der Waals surface area contributed by atoms with Crippen LogP contribution in [-0.2, 0) is 4.79 Å². The van der Waals surface area contributed by atoms with E-state index >= 15 is 0 Å². The minimum Gasteiger partial charge on any atom is -0.497 e. The van der Waals surface area contributed by atoms with Crippen molar-refractivity contribution in [3.05, 3.63) is 65.2 Å². The number of methoxy groups -OCH3 is 1. The number of Topliss-reactive ketones (excluding diaryl/α,β-unsaturated/α-hetero) is 1. The van der Waals surface area contributed by atoms with Crippen molar-refractivity contribution in [2.45, 2.75) is 11.9 Å². The molecule has 0 radical (unpaired) electrons. The van der Waals surface area contributed by atoms with E-state index in [0.717, 1.165) is 11.1 Å². The van der Waals surface area contributed by atoms with Crippen LogP contribution >= 0.6 is 11.8 Å². The van der Waals surface area contributed by atoms with Crippen molar-refractivity contribution in [3.63, 3.8) is 0 Å². The van der Waals surface area contributed by atoms with Gasteiger partial charge in [0.2, 0.25) is 0 Å². The molecule has 3 aromatic rings. The summed E-state index contributed by atoms with van der Waals surface area (Å²) < 4.78 is 5.23. The first kappa shape index (κ1) is 18.9. The van der Waals surface area contributed by atoms with Crippen LogP contribution < -0.4 is 4.74 Å². The second-order valence-electron chi connectivity index (χ2n) is 6.60. The normalized spacial score (nSPS) is 11.6. The third-order valence-corrected chi connectivity index (χ3v) is 5.84. The number of fused-ring (bicyclic) bond motifs is 3. The Kier molecular flexibility index (Phi) is 4.91. The van der Waals surface area contributed by atoms with Crippen LogP contribution in [0.1, 0.15) is 28.4 Å². The molecule has 0 unspecified atom stereocenters. The Bertz CT molecular complexity index is 1190. The smallest absolute Gasteiger partial charge is 0.196 e. The molecule has 2 aromatic carbocycles. The molecule has 0 aliphatic heterocycles. The van der Waals surface area contributed by atoms with E-state index in [1.54, 1.807) is 25.3 Å². The summed E-state index contributed by atoms with van der Waals surface area (Å²) in [5, 5.41) is 10.4. The number of thioether (sulfide) groups is 1. The summed E-state index contributed by atoms with van der Waals surface area (Å²) in [5.74, 6) is 0.730. The van der Waals surface area contributed by atoms with Crippen molar-refractivity contribution >= 4 is 23.3 Å². The highest BCUT2D eigenvalue weighted by molar-refractivity contribution is 8.00. The van der Waals surface area contributed by atoms with E-state index in [0.29, 0.717) is 38.7 Å². The van der Waals surface area contributed by atoms with Gasteiger partial charge >= 0.3 is 0 Å². The SMILES string of the molecule is COc1ccc(-c2c(C#N)c(SCC(C)=O)nc3c2C(=O)c2ccccc2-3)cc1. The fourth-order valence-electron chi connectivity index (χ4n) is 3.43. The average molecular weight is 400 g/mol. The number of benzene rings is 2. The largest absolute Gasteiger partial charge is 0.497 e. The third-order valence-electron chi connectivity index (χ3n) is 4.72. The van der Waals surface area contributed by atoms with Gasteiger partial charge in [0, 0.05) is 16.7 Å². The Morgan fingerprint density at radius 1 is 1.10 bits per heavy atom. The number of pyridine rings is 1. The number of aromatic nitrogens is 1.